The van der Waals surface area contributed by atoms with Gasteiger partial charge in [-0.15, -0.1) is 0 Å². The van der Waals surface area contributed by atoms with Gasteiger partial charge in [-0.3, -0.25) is 0 Å². The lowest BCUT2D eigenvalue weighted by Gasteiger charge is -2.10. The van der Waals surface area contributed by atoms with Crippen LogP contribution in [0.3, 0.4) is 0 Å². The molecule has 0 aliphatic carbocycles. The fraction of sp³-hybridized carbons (Fsp3) is 0.0714. The maximum Gasteiger partial charge on any atom is 0.134 e. The first kappa shape index (κ1) is 13.9. The highest BCUT2D eigenvalue weighted by Gasteiger charge is 2.06. The standard InChI is InChI=1S/C14H10Br2N2O/c15-11-3-1-2-10(14(11)19)8-18-13-5-4-9(7-17)6-12(13)16/h1-6,18-19H,8H2. The Hall–Kier alpha value is -1.51. The first-order valence-corrected chi connectivity index (χ1v) is 7.10. The van der Waals surface area contributed by atoms with Crippen molar-refractivity contribution in [2.75, 3.05) is 5.32 Å². The van der Waals surface area contributed by atoms with Crippen LogP contribution < -0.4 is 5.32 Å². The lowest BCUT2D eigenvalue weighted by molar-refractivity contribution is 0.465. The average molecular weight is 382 g/mol. The van der Waals surface area contributed by atoms with Gasteiger partial charge in [0.2, 0.25) is 0 Å². The van der Waals surface area contributed by atoms with Crippen molar-refractivity contribution < 1.29 is 5.11 Å². The molecule has 0 aliphatic heterocycles. The summed E-state index contributed by atoms with van der Waals surface area (Å²) in [5.74, 6) is 0.236. The van der Waals surface area contributed by atoms with E-state index >= 15 is 0 Å². The van der Waals surface area contributed by atoms with Gasteiger partial charge in [-0.1, -0.05) is 12.1 Å². The molecule has 0 spiro atoms. The van der Waals surface area contributed by atoms with Gasteiger partial charge in [-0.05, 0) is 56.1 Å². The van der Waals surface area contributed by atoms with E-state index in [1.807, 2.05) is 18.2 Å². The Morgan fingerprint density at radius 2 is 1.95 bits per heavy atom. The van der Waals surface area contributed by atoms with Gasteiger partial charge < -0.3 is 10.4 Å². The molecule has 2 N–H and O–H groups in total. The molecule has 0 saturated heterocycles. The zero-order valence-electron chi connectivity index (χ0n) is 9.82. The molecule has 96 valence electrons. The highest BCUT2D eigenvalue weighted by Crippen LogP contribution is 2.29. The molecule has 0 unspecified atom stereocenters. The first-order chi connectivity index (χ1) is 9.11. The topological polar surface area (TPSA) is 56.0 Å². The van der Waals surface area contributed by atoms with E-state index in [2.05, 4.69) is 43.2 Å². The summed E-state index contributed by atoms with van der Waals surface area (Å²) in [6.07, 6.45) is 0. The number of nitrogens with zero attached hydrogens (tertiary/aromatic N) is 1. The van der Waals surface area contributed by atoms with Gasteiger partial charge in [0.15, 0.2) is 0 Å². The van der Waals surface area contributed by atoms with Crippen LogP contribution in [0, 0.1) is 11.3 Å². The summed E-state index contributed by atoms with van der Waals surface area (Å²) in [6.45, 7) is 0.496. The van der Waals surface area contributed by atoms with Gasteiger partial charge in [-0.2, -0.15) is 5.26 Å². The van der Waals surface area contributed by atoms with Crippen LogP contribution in [0.5, 0.6) is 5.75 Å². The average Bonchev–Trinajstić information content (AvgIpc) is 2.41. The lowest BCUT2D eigenvalue weighted by atomic mass is 10.2. The Morgan fingerprint density at radius 3 is 2.63 bits per heavy atom. The van der Waals surface area contributed by atoms with E-state index in [0.717, 1.165) is 15.7 Å². The van der Waals surface area contributed by atoms with Crippen LogP contribution >= 0.6 is 31.9 Å². The van der Waals surface area contributed by atoms with Gasteiger partial charge in [-0.25, -0.2) is 0 Å². The number of phenolic OH excluding ortho intramolecular Hbond substituents is 1. The largest absolute Gasteiger partial charge is 0.506 e. The summed E-state index contributed by atoms with van der Waals surface area (Å²) in [5, 5.41) is 21.9. The summed E-state index contributed by atoms with van der Waals surface area (Å²) in [7, 11) is 0. The van der Waals surface area contributed by atoms with Crippen molar-refractivity contribution in [2.24, 2.45) is 0 Å². The summed E-state index contributed by atoms with van der Waals surface area (Å²) in [4.78, 5) is 0. The zero-order chi connectivity index (χ0) is 13.8. The molecular formula is C14H10Br2N2O. The van der Waals surface area contributed by atoms with Crippen molar-refractivity contribution in [2.45, 2.75) is 6.54 Å². The third-order valence-electron chi connectivity index (χ3n) is 2.64. The molecule has 2 aromatic rings. The SMILES string of the molecule is N#Cc1ccc(NCc2cccc(Br)c2O)c(Br)c1. The van der Waals surface area contributed by atoms with E-state index in [0.29, 0.717) is 16.6 Å². The van der Waals surface area contributed by atoms with E-state index in [9.17, 15) is 5.11 Å². The van der Waals surface area contributed by atoms with E-state index < -0.39 is 0 Å². The number of nitrogens with one attached hydrogen (secondary N) is 1. The van der Waals surface area contributed by atoms with Gasteiger partial charge in [0, 0.05) is 22.3 Å². The molecular weight excluding hydrogens is 372 g/mol. The van der Waals surface area contributed by atoms with Gasteiger partial charge in [0.05, 0.1) is 16.1 Å². The molecule has 0 aromatic heterocycles. The number of hydrogen-bond acceptors (Lipinski definition) is 3. The summed E-state index contributed by atoms with van der Waals surface area (Å²) in [5.41, 5.74) is 2.27. The smallest absolute Gasteiger partial charge is 0.134 e. The Morgan fingerprint density at radius 1 is 1.16 bits per heavy atom. The van der Waals surface area contributed by atoms with Crippen LogP contribution in [0.1, 0.15) is 11.1 Å². The molecule has 2 aromatic carbocycles. The number of nitriles is 1. The highest BCUT2D eigenvalue weighted by atomic mass is 79.9. The molecule has 0 radical (unpaired) electrons. The van der Waals surface area contributed by atoms with Crippen molar-refractivity contribution >= 4 is 37.5 Å². The molecule has 0 bridgehead atoms. The Labute approximate surface area is 128 Å². The van der Waals surface area contributed by atoms with Crippen LogP contribution in [0.25, 0.3) is 0 Å². The molecule has 2 rings (SSSR count). The molecule has 0 atom stereocenters. The van der Waals surface area contributed by atoms with Crippen molar-refractivity contribution in [1.29, 1.82) is 5.26 Å². The maximum absolute atomic E-state index is 9.89. The zero-order valence-corrected chi connectivity index (χ0v) is 13.0. The van der Waals surface area contributed by atoms with Crippen molar-refractivity contribution in [3.63, 3.8) is 0 Å². The number of aromatic hydroxyl groups is 1. The minimum Gasteiger partial charge on any atom is -0.506 e. The van der Waals surface area contributed by atoms with Crippen molar-refractivity contribution in [3.8, 4) is 11.8 Å². The molecule has 0 saturated carbocycles. The fourth-order valence-corrected chi connectivity index (χ4v) is 2.55. The maximum atomic E-state index is 9.89. The second kappa shape index (κ2) is 6.09. The molecule has 5 heteroatoms. The van der Waals surface area contributed by atoms with E-state index in [4.69, 9.17) is 5.26 Å². The summed E-state index contributed by atoms with van der Waals surface area (Å²) < 4.78 is 1.49. The van der Waals surface area contributed by atoms with E-state index in [-0.39, 0.29) is 5.75 Å². The Balaban J connectivity index is 2.15. The first-order valence-electron chi connectivity index (χ1n) is 5.51. The molecule has 19 heavy (non-hydrogen) atoms. The van der Waals surface area contributed by atoms with Crippen molar-refractivity contribution in [1.82, 2.24) is 0 Å². The normalized spacial score (nSPS) is 9.95. The number of hydrogen-bond donors (Lipinski definition) is 2. The number of benzene rings is 2. The number of anilines is 1. The monoisotopic (exact) mass is 380 g/mol. The van der Waals surface area contributed by atoms with Gasteiger partial charge in [0.1, 0.15) is 5.75 Å². The quantitative estimate of drug-likeness (QED) is 0.828. The summed E-state index contributed by atoms with van der Waals surface area (Å²) >= 11 is 6.69. The number of halogens is 2. The number of para-hydroxylation sites is 1. The molecule has 0 heterocycles. The molecule has 3 nitrogen and oxygen atoms in total. The highest BCUT2D eigenvalue weighted by molar-refractivity contribution is 9.11. The van der Waals surface area contributed by atoms with Crippen LogP contribution in [-0.4, -0.2) is 5.11 Å². The molecule has 0 aliphatic rings. The lowest BCUT2D eigenvalue weighted by Crippen LogP contribution is -2.00. The van der Waals surface area contributed by atoms with Crippen LogP contribution in [0.2, 0.25) is 0 Å². The molecule has 0 fully saturated rings. The van der Waals surface area contributed by atoms with E-state index in [1.165, 1.54) is 0 Å². The second-order valence-corrected chi connectivity index (χ2v) is 5.62. The van der Waals surface area contributed by atoms with Crippen molar-refractivity contribution in [3.05, 3.63) is 56.5 Å². The second-order valence-electron chi connectivity index (χ2n) is 3.91. The number of rotatable bonds is 3. The van der Waals surface area contributed by atoms with Crippen LogP contribution in [0.15, 0.2) is 45.3 Å². The Kier molecular flexibility index (Phi) is 4.46. The van der Waals surface area contributed by atoms with Crippen LogP contribution in [0.4, 0.5) is 5.69 Å². The predicted molar refractivity (Wildman–Crippen MR) is 82.0 cm³/mol. The van der Waals surface area contributed by atoms with Crippen LogP contribution in [-0.2, 0) is 6.54 Å². The van der Waals surface area contributed by atoms with Gasteiger partial charge in [0.25, 0.3) is 0 Å². The third-order valence-corrected chi connectivity index (χ3v) is 3.93. The third kappa shape index (κ3) is 3.28. The Bertz CT molecular complexity index is 650. The predicted octanol–water partition coefficient (Wildman–Crippen LogP) is 4.40. The fourth-order valence-electron chi connectivity index (χ4n) is 1.62. The molecule has 0 amide bonds. The van der Waals surface area contributed by atoms with Gasteiger partial charge >= 0.3 is 0 Å². The number of phenols is 1. The van der Waals surface area contributed by atoms with E-state index in [1.54, 1.807) is 18.2 Å². The summed E-state index contributed by atoms with van der Waals surface area (Å²) in [6, 6.07) is 12.9. The minimum absolute atomic E-state index is 0.236. The minimum atomic E-state index is 0.236.